The van der Waals surface area contributed by atoms with E-state index in [2.05, 4.69) is 37.2 Å². The van der Waals surface area contributed by atoms with Gasteiger partial charge < -0.3 is 10.1 Å². The molecule has 0 saturated heterocycles. The van der Waals surface area contributed by atoms with Gasteiger partial charge in [0.1, 0.15) is 17.3 Å². The largest absolute Gasteiger partial charge is 0.456 e. The molecule has 106 valence electrons. The third-order valence-corrected chi connectivity index (χ3v) is 3.86. The molecule has 0 aliphatic rings. The maximum absolute atomic E-state index is 13.3. The molecule has 0 heterocycles. The summed E-state index contributed by atoms with van der Waals surface area (Å²) >= 11 is 6.79. The van der Waals surface area contributed by atoms with E-state index in [-0.39, 0.29) is 5.82 Å². The van der Waals surface area contributed by atoms with Gasteiger partial charge in [0.05, 0.1) is 4.47 Å². The molecule has 0 spiro atoms. The Morgan fingerprint density at radius 3 is 2.65 bits per heavy atom. The van der Waals surface area contributed by atoms with Crippen LogP contribution in [0.1, 0.15) is 12.5 Å². The lowest BCUT2D eigenvalue weighted by atomic mass is 10.2. The van der Waals surface area contributed by atoms with Crippen molar-refractivity contribution in [2.45, 2.75) is 13.5 Å². The van der Waals surface area contributed by atoms with E-state index >= 15 is 0 Å². The summed E-state index contributed by atoms with van der Waals surface area (Å²) in [7, 11) is 0. The van der Waals surface area contributed by atoms with Gasteiger partial charge in [-0.15, -0.1) is 0 Å². The molecule has 0 bridgehead atoms. The number of benzene rings is 2. The molecule has 2 nitrogen and oxygen atoms in total. The van der Waals surface area contributed by atoms with Crippen LogP contribution in [0, 0.1) is 5.82 Å². The standard InChI is InChI=1S/C15H14Br2FNO/c1-2-19-9-10-3-4-11(16)7-14(10)20-15-8-12(18)5-6-13(15)17/h3-8,19H,2,9H2,1H3. The number of nitrogens with one attached hydrogen (secondary N) is 1. The lowest BCUT2D eigenvalue weighted by Crippen LogP contribution is -2.12. The van der Waals surface area contributed by atoms with Crippen LogP contribution in [0.5, 0.6) is 11.5 Å². The van der Waals surface area contributed by atoms with Gasteiger partial charge in [0.15, 0.2) is 0 Å². The number of hydrogen-bond donors (Lipinski definition) is 1. The van der Waals surface area contributed by atoms with Gasteiger partial charge in [-0.1, -0.05) is 28.9 Å². The van der Waals surface area contributed by atoms with Crippen LogP contribution >= 0.6 is 31.9 Å². The van der Waals surface area contributed by atoms with E-state index in [1.807, 2.05) is 25.1 Å². The number of hydrogen-bond acceptors (Lipinski definition) is 2. The molecule has 2 rings (SSSR count). The highest BCUT2D eigenvalue weighted by Gasteiger charge is 2.09. The van der Waals surface area contributed by atoms with E-state index in [1.165, 1.54) is 12.1 Å². The monoisotopic (exact) mass is 401 g/mol. The van der Waals surface area contributed by atoms with Crippen LogP contribution in [-0.4, -0.2) is 6.54 Å². The zero-order valence-corrected chi connectivity index (χ0v) is 14.1. The van der Waals surface area contributed by atoms with Gasteiger partial charge in [-0.25, -0.2) is 4.39 Å². The number of rotatable bonds is 5. The molecule has 1 N–H and O–H groups in total. The SMILES string of the molecule is CCNCc1ccc(Br)cc1Oc1cc(F)ccc1Br. The summed E-state index contributed by atoms with van der Waals surface area (Å²) in [6.45, 7) is 3.62. The molecular weight excluding hydrogens is 389 g/mol. The molecule has 2 aromatic rings. The van der Waals surface area contributed by atoms with Crippen LogP contribution in [0.25, 0.3) is 0 Å². The first-order chi connectivity index (χ1) is 9.60. The van der Waals surface area contributed by atoms with Crippen molar-refractivity contribution in [1.29, 1.82) is 0 Å². The topological polar surface area (TPSA) is 21.3 Å². The van der Waals surface area contributed by atoms with E-state index in [1.54, 1.807) is 6.07 Å². The van der Waals surface area contributed by atoms with E-state index < -0.39 is 0 Å². The minimum absolute atomic E-state index is 0.327. The van der Waals surface area contributed by atoms with Crippen molar-refractivity contribution in [2.75, 3.05) is 6.54 Å². The minimum Gasteiger partial charge on any atom is -0.456 e. The van der Waals surface area contributed by atoms with Crippen molar-refractivity contribution in [2.24, 2.45) is 0 Å². The van der Waals surface area contributed by atoms with Gasteiger partial charge in [-0.05, 0) is 46.7 Å². The Kier molecular flexibility index (Phi) is 5.57. The third-order valence-electron chi connectivity index (χ3n) is 2.71. The van der Waals surface area contributed by atoms with E-state index in [9.17, 15) is 4.39 Å². The molecule has 5 heteroatoms. The quantitative estimate of drug-likeness (QED) is 0.737. The Labute approximate surface area is 134 Å². The van der Waals surface area contributed by atoms with E-state index in [0.29, 0.717) is 22.5 Å². The Morgan fingerprint density at radius 2 is 1.90 bits per heavy atom. The summed E-state index contributed by atoms with van der Waals surface area (Å²) in [4.78, 5) is 0. The maximum Gasteiger partial charge on any atom is 0.144 e. The molecule has 0 saturated carbocycles. The number of ether oxygens (including phenoxy) is 1. The molecule has 0 aromatic heterocycles. The summed E-state index contributed by atoms with van der Waals surface area (Å²) < 4.78 is 20.8. The zero-order valence-electron chi connectivity index (χ0n) is 10.9. The first-order valence-corrected chi connectivity index (χ1v) is 7.81. The second-order valence-electron chi connectivity index (χ2n) is 4.21. The molecule has 0 amide bonds. The molecule has 0 unspecified atom stereocenters. The average Bonchev–Trinajstić information content (AvgIpc) is 2.42. The van der Waals surface area contributed by atoms with Gasteiger partial charge in [0.2, 0.25) is 0 Å². The predicted octanol–water partition coefficient (Wildman–Crippen LogP) is 5.25. The Hall–Kier alpha value is -0.910. The van der Waals surface area contributed by atoms with Crippen molar-refractivity contribution in [3.8, 4) is 11.5 Å². The molecule has 0 fully saturated rings. The fourth-order valence-corrected chi connectivity index (χ4v) is 2.37. The van der Waals surface area contributed by atoms with Crippen LogP contribution in [0.2, 0.25) is 0 Å². The third kappa shape index (κ3) is 4.04. The minimum atomic E-state index is -0.327. The van der Waals surface area contributed by atoms with Crippen molar-refractivity contribution in [3.63, 3.8) is 0 Å². The van der Waals surface area contributed by atoms with Crippen molar-refractivity contribution in [3.05, 3.63) is 56.7 Å². The second-order valence-corrected chi connectivity index (χ2v) is 5.98. The lowest BCUT2D eigenvalue weighted by Gasteiger charge is -2.13. The van der Waals surface area contributed by atoms with Crippen LogP contribution in [0.4, 0.5) is 4.39 Å². The Bertz CT molecular complexity index is 604. The fourth-order valence-electron chi connectivity index (χ4n) is 1.70. The van der Waals surface area contributed by atoms with Gasteiger partial charge in [-0.3, -0.25) is 0 Å². The van der Waals surface area contributed by atoms with Crippen LogP contribution in [0.3, 0.4) is 0 Å². The van der Waals surface area contributed by atoms with Crippen molar-refractivity contribution >= 4 is 31.9 Å². The molecule has 0 radical (unpaired) electrons. The van der Waals surface area contributed by atoms with Crippen LogP contribution in [0.15, 0.2) is 45.3 Å². The highest BCUT2D eigenvalue weighted by Crippen LogP contribution is 2.33. The van der Waals surface area contributed by atoms with Crippen LogP contribution < -0.4 is 10.1 Å². The maximum atomic E-state index is 13.3. The van der Waals surface area contributed by atoms with Gasteiger partial charge in [0, 0.05) is 22.6 Å². The van der Waals surface area contributed by atoms with Crippen molar-refractivity contribution in [1.82, 2.24) is 5.32 Å². The average molecular weight is 403 g/mol. The first kappa shape index (κ1) is 15.5. The van der Waals surface area contributed by atoms with Gasteiger partial charge >= 0.3 is 0 Å². The molecule has 2 aromatic carbocycles. The molecule has 0 aliphatic carbocycles. The van der Waals surface area contributed by atoms with Gasteiger partial charge in [-0.2, -0.15) is 0 Å². The van der Waals surface area contributed by atoms with Crippen molar-refractivity contribution < 1.29 is 9.13 Å². The number of halogens is 3. The van der Waals surface area contributed by atoms with Crippen LogP contribution in [-0.2, 0) is 6.54 Å². The van der Waals surface area contributed by atoms with E-state index in [0.717, 1.165) is 16.6 Å². The smallest absolute Gasteiger partial charge is 0.144 e. The summed E-state index contributed by atoms with van der Waals surface area (Å²) in [5.41, 5.74) is 1.02. The highest BCUT2D eigenvalue weighted by molar-refractivity contribution is 9.10. The molecular formula is C15H14Br2FNO. The Balaban J connectivity index is 2.31. The summed E-state index contributed by atoms with van der Waals surface area (Å²) in [6, 6.07) is 10.2. The Morgan fingerprint density at radius 1 is 1.10 bits per heavy atom. The van der Waals surface area contributed by atoms with E-state index in [4.69, 9.17) is 4.74 Å². The predicted molar refractivity (Wildman–Crippen MR) is 85.7 cm³/mol. The summed E-state index contributed by atoms with van der Waals surface area (Å²) in [5, 5.41) is 3.26. The highest BCUT2D eigenvalue weighted by atomic mass is 79.9. The summed E-state index contributed by atoms with van der Waals surface area (Å²) in [6.07, 6.45) is 0. The second kappa shape index (κ2) is 7.20. The molecule has 0 atom stereocenters. The molecule has 0 aliphatic heterocycles. The molecule has 20 heavy (non-hydrogen) atoms. The zero-order chi connectivity index (χ0) is 14.5. The first-order valence-electron chi connectivity index (χ1n) is 6.22. The lowest BCUT2D eigenvalue weighted by molar-refractivity contribution is 0.465. The summed E-state index contributed by atoms with van der Waals surface area (Å²) in [5.74, 6) is 0.832. The fraction of sp³-hybridized carbons (Fsp3) is 0.200. The van der Waals surface area contributed by atoms with Gasteiger partial charge in [0.25, 0.3) is 0 Å². The normalized spacial score (nSPS) is 10.6.